The fourth-order valence-electron chi connectivity index (χ4n) is 0.758. The van der Waals surface area contributed by atoms with Crippen molar-refractivity contribution >= 4 is 28.8 Å². The zero-order chi connectivity index (χ0) is 9.68. The van der Waals surface area contributed by atoms with Crippen molar-refractivity contribution in [3.05, 3.63) is 15.5 Å². The van der Waals surface area contributed by atoms with Crippen LogP contribution in [-0.4, -0.2) is 24.4 Å². The molecular weight excluding hydrogens is 208 g/mol. The van der Waals surface area contributed by atoms with Gasteiger partial charge in [-0.05, 0) is 0 Å². The van der Waals surface area contributed by atoms with Crippen molar-refractivity contribution in [1.82, 2.24) is 10.3 Å². The van der Waals surface area contributed by atoms with E-state index in [-0.39, 0.29) is 0 Å². The summed E-state index contributed by atoms with van der Waals surface area (Å²) >= 11 is 7.12. The van der Waals surface area contributed by atoms with Gasteiger partial charge < -0.3 is 11.1 Å². The lowest BCUT2D eigenvalue weighted by atomic mass is 10.5. The Kier molecular flexibility index (Phi) is 4.14. The summed E-state index contributed by atoms with van der Waals surface area (Å²) in [5, 5.41) is 3.12. The predicted molar refractivity (Wildman–Crippen MR) is 56.4 cm³/mol. The van der Waals surface area contributed by atoms with E-state index in [1.54, 1.807) is 13.2 Å². The summed E-state index contributed by atoms with van der Waals surface area (Å²) in [6.07, 6.45) is 1.75. The number of aromatic nitrogens is 1. The van der Waals surface area contributed by atoms with Gasteiger partial charge in [0.1, 0.15) is 5.84 Å². The zero-order valence-corrected chi connectivity index (χ0v) is 8.82. The molecule has 0 aliphatic carbocycles. The molecule has 4 nitrogen and oxygen atoms in total. The number of nitrogens with two attached hydrogens (primary N) is 1. The van der Waals surface area contributed by atoms with Gasteiger partial charge in [-0.3, -0.25) is 4.99 Å². The van der Waals surface area contributed by atoms with Crippen molar-refractivity contribution in [1.29, 1.82) is 0 Å². The Morgan fingerprint density at radius 2 is 2.62 bits per heavy atom. The Hall–Kier alpha value is -0.650. The lowest BCUT2D eigenvalue weighted by molar-refractivity contribution is 0.782. The van der Waals surface area contributed by atoms with Gasteiger partial charge in [-0.25, -0.2) is 4.98 Å². The van der Waals surface area contributed by atoms with Gasteiger partial charge in [-0.2, -0.15) is 0 Å². The molecule has 0 aliphatic rings. The van der Waals surface area contributed by atoms with Crippen molar-refractivity contribution in [3.63, 3.8) is 0 Å². The molecule has 3 N–H and O–H groups in total. The number of nitrogens with zero attached hydrogens (tertiary/aromatic N) is 2. The number of halogens is 1. The van der Waals surface area contributed by atoms with Gasteiger partial charge in [0.25, 0.3) is 0 Å². The Labute approximate surface area is 85.8 Å². The van der Waals surface area contributed by atoms with Crippen LogP contribution >= 0.6 is 22.9 Å². The number of thiazole rings is 1. The monoisotopic (exact) mass is 218 g/mol. The first kappa shape index (κ1) is 10.4. The first-order valence-corrected chi connectivity index (χ1v) is 4.94. The van der Waals surface area contributed by atoms with E-state index in [1.165, 1.54) is 11.3 Å². The maximum atomic E-state index is 5.66. The van der Waals surface area contributed by atoms with E-state index in [0.717, 1.165) is 11.4 Å². The smallest absolute Gasteiger partial charge is 0.183 e. The number of aliphatic imine (C=N–C) groups is 1. The molecule has 0 aromatic carbocycles. The standard InChI is InChI=1S/C7H11ClN4S/c1-10-6(9)4-11-2-5-3-12-7(8)13-5/h3,11H,2,4H2,1H3,(H2,9,10). The van der Waals surface area contributed by atoms with Crippen LogP contribution in [0.1, 0.15) is 4.88 Å². The molecule has 0 unspecified atom stereocenters. The van der Waals surface area contributed by atoms with E-state index in [2.05, 4.69) is 15.3 Å². The van der Waals surface area contributed by atoms with Crippen molar-refractivity contribution in [2.75, 3.05) is 13.6 Å². The highest BCUT2D eigenvalue weighted by molar-refractivity contribution is 7.15. The largest absolute Gasteiger partial charge is 0.386 e. The van der Waals surface area contributed by atoms with Gasteiger partial charge in [-0.15, -0.1) is 11.3 Å². The molecule has 0 bridgehead atoms. The van der Waals surface area contributed by atoms with E-state index in [9.17, 15) is 0 Å². The number of hydrogen-bond donors (Lipinski definition) is 2. The van der Waals surface area contributed by atoms with Crippen LogP contribution in [0.3, 0.4) is 0 Å². The van der Waals surface area contributed by atoms with Crippen LogP contribution in [0.25, 0.3) is 0 Å². The van der Waals surface area contributed by atoms with Crippen molar-refractivity contribution < 1.29 is 0 Å². The van der Waals surface area contributed by atoms with Gasteiger partial charge in [0, 0.05) is 24.7 Å². The van der Waals surface area contributed by atoms with Crippen LogP contribution in [0.4, 0.5) is 0 Å². The van der Waals surface area contributed by atoms with Crippen LogP contribution < -0.4 is 11.1 Å². The molecule has 1 heterocycles. The number of amidine groups is 1. The second kappa shape index (κ2) is 5.16. The van der Waals surface area contributed by atoms with Crippen LogP contribution in [0, 0.1) is 0 Å². The summed E-state index contributed by atoms with van der Waals surface area (Å²) in [5.74, 6) is 0.593. The number of hydrogen-bond acceptors (Lipinski definition) is 4. The van der Waals surface area contributed by atoms with Crippen molar-refractivity contribution in [2.45, 2.75) is 6.54 Å². The molecular formula is C7H11ClN4S. The van der Waals surface area contributed by atoms with E-state index in [0.29, 0.717) is 16.8 Å². The van der Waals surface area contributed by atoms with E-state index in [1.807, 2.05) is 0 Å². The minimum Gasteiger partial charge on any atom is -0.386 e. The highest BCUT2D eigenvalue weighted by Crippen LogP contribution is 2.16. The maximum Gasteiger partial charge on any atom is 0.183 e. The summed E-state index contributed by atoms with van der Waals surface area (Å²) in [5.41, 5.74) is 5.49. The Morgan fingerprint density at radius 3 is 3.15 bits per heavy atom. The van der Waals surface area contributed by atoms with Crippen molar-refractivity contribution in [3.8, 4) is 0 Å². The topological polar surface area (TPSA) is 63.3 Å². The third-order valence-electron chi connectivity index (χ3n) is 1.42. The van der Waals surface area contributed by atoms with Gasteiger partial charge in [0.15, 0.2) is 4.47 Å². The quantitative estimate of drug-likeness (QED) is 0.583. The Morgan fingerprint density at radius 1 is 1.85 bits per heavy atom. The zero-order valence-electron chi connectivity index (χ0n) is 7.25. The SMILES string of the molecule is CN=C(N)CNCc1cnc(Cl)s1. The summed E-state index contributed by atoms with van der Waals surface area (Å²) < 4.78 is 0.564. The highest BCUT2D eigenvalue weighted by atomic mass is 35.5. The molecule has 1 aromatic rings. The van der Waals surface area contributed by atoms with Gasteiger partial charge >= 0.3 is 0 Å². The third kappa shape index (κ3) is 3.71. The second-order valence-corrected chi connectivity index (χ2v) is 4.10. The third-order valence-corrected chi connectivity index (χ3v) is 2.53. The summed E-state index contributed by atoms with van der Waals surface area (Å²) in [7, 11) is 1.67. The van der Waals surface area contributed by atoms with Crippen molar-refractivity contribution in [2.24, 2.45) is 10.7 Å². The molecule has 13 heavy (non-hydrogen) atoms. The molecule has 1 rings (SSSR count). The summed E-state index contributed by atoms with van der Waals surface area (Å²) in [6, 6.07) is 0. The van der Waals surface area contributed by atoms with Crippen LogP contribution in [0.2, 0.25) is 4.47 Å². The van der Waals surface area contributed by atoms with Gasteiger partial charge in [0.05, 0.1) is 6.54 Å². The molecule has 0 saturated carbocycles. The molecule has 1 aromatic heterocycles. The van der Waals surface area contributed by atoms with Gasteiger partial charge in [0.2, 0.25) is 0 Å². The normalized spacial score (nSPS) is 12.0. The first-order chi connectivity index (χ1) is 6.22. The molecule has 0 aliphatic heterocycles. The molecule has 0 fully saturated rings. The molecule has 0 atom stereocenters. The second-order valence-electron chi connectivity index (χ2n) is 2.40. The molecule has 0 radical (unpaired) electrons. The maximum absolute atomic E-state index is 5.66. The average molecular weight is 219 g/mol. The summed E-state index contributed by atoms with van der Waals surface area (Å²) in [6.45, 7) is 1.31. The van der Waals surface area contributed by atoms with E-state index in [4.69, 9.17) is 17.3 Å². The molecule has 0 amide bonds. The molecule has 6 heteroatoms. The molecule has 72 valence electrons. The minimum absolute atomic E-state index is 0.564. The van der Waals surface area contributed by atoms with E-state index < -0.39 is 0 Å². The number of rotatable bonds is 4. The van der Waals surface area contributed by atoms with Crippen LogP contribution in [-0.2, 0) is 6.54 Å². The van der Waals surface area contributed by atoms with E-state index >= 15 is 0 Å². The lowest BCUT2D eigenvalue weighted by Gasteiger charge is -2.00. The fourth-order valence-corrected chi connectivity index (χ4v) is 1.71. The molecule has 0 saturated heterocycles. The number of nitrogens with one attached hydrogen (secondary N) is 1. The lowest BCUT2D eigenvalue weighted by Crippen LogP contribution is -2.28. The van der Waals surface area contributed by atoms with Crippen LogP contribution in [0.15, 0.2) is 11.2 Å². The highest BCUT2D eigenvalue weighted by Gasteiger charge is 1.98. The average Bonchev–Trinajstić information content (AvgIpc) is 2.51. The van der Waals surface area contributed by atoms with Gasteiger partial charge in [-0.1, -0.05) is 11.6 Å². The Bertz CT molecular complexity index is 296. The molecule has 0 spiro atoms. The first-order valence-electron chi connectivity index (χ1n) is 3.74. The van der Waals surface area contributed by atoms with Crippen LogP contribution in [0.5, 0.6) is 0 Å². The predicted octanol–water partition coefficient (Wildman–Crippen LogP) is 0.873. The Balaban J connectivity index is 2.28. The minimum atomic E-state index is 0.564. The summed E-state index contributed by atoms with van der Waals surface area (Å²) in [4.78, 5) is 8.83. The fraction of sp³-hybridized carbons (Fsp3) is 0.429.